The topological polar surface area (TPSA) is 69.9 Å². The largest absolute Gasteiger partial charge is 0.368 e. The van der Waals surface area contributed by atoms with Gasteiger partial charge in [-0.3, -0.25) is 9.69 Å². The van der Waals surface area contributed by atoms with Gasteiger partial charge in [-0.15, -0.1) is 0 Å². The number of hydrogen-bond acceptors (Lipinski definition) is 3. The van der Waals surface area contributed by atoms with E-state index in [1.807, 2.05) is 21.6 Å². The molecule has 3 amide bonds. The van der Waals surface area contributed by atoms with E-state index >= 15 is 0 Å². The number of hydrogen-bond donors (Lipinski definition) is 1. The average Bonchev–Trinajstić information content (AvgIpc) is 2.46. The minimum atomic E-state index is -0.296. The van der Waals surface area contributed by atoms with E-state index in [1.54, 1.807) is 0 Å². The van der Waals surface area contributed by atoms with Gasteiger partial charge < -0.3 is 15.5 Å². The number of amides is 3. The van der Waals surface area contributed by atoms with Crippen molar-refractivity contribution < 1.29 is 9.59 Å². The molecule has 0 bridgehead atoms. The molecule has 108 valence electrons. The molecule has 0 aliphatic carbocycles. The lowest BCUT2D eigenvalue weighted by atomic mass is 10.1. The first-order valence-corrected chi connectivity index (χ1v) is 7.17. The zero-order valence-corrected chi connectivity index (χ0v) is 11.7. The van der Waals surface area contributed by atoms with E-state index in [4.69, 9.17) is 5.73 Å². The highest BCUT2D eigenvalue weighted by Gasteiger charge is 2.28. The molecule has 1 atom stereocenters. The zero-order chi connectivity index (χ0) is 13.8. The number of carbonyl (C=O) groups is 2. The summed E-state index contributed by atoms with van der Waals surface area (Å²) in [5, 5.41) is 0. The normalized spacial score (nSPS) is 23.2. The third-order valence-corrected chi connectivity index (χ3v) is 4.17. The first-order chi connectivity index (χ1) is 9.09. The molecule has 19 heavy (non-hydrogen) atoms. The smallest absolute Gasteiger partial charge is 0.320 e. The van der Waals surface area contributed by atoms with Gasteiger partial charge in [0.05, 0.1) is 6.04 Å². The monoisotopic (exact) mass is 268 g/mol. The van der Waals surface area contributed by atoms with Gasteiger partial charge >= 0.3 is 6.03 Å². The van der Waals surface area contributed by atoms with E-state index < -0.39 is 0 Å². The van der Waals surface area contributed by atoms with E-state index in [-0.39, 0.29) is 18.0 Å². The van der Waals surface area contributed by atoms with Crippen molar-refractivity contribution >= 4 is 11.9 Å². The molecule has 2 aliphatic rings. The van der Waals surface area contributed by atoms with Crippen LogP contribution in [0, 0.1) is 0 Å². The van der Waals surface area contributed by atoms with Gasteiger partial charge in [0, 0.05) is 39.3 Å². The molecule has 0 saturated carbocycles. The van der Waals surface area contributed by atoms with Crippen LogP contribution in [0.5, 0.6) is 0 Å². The second kappa shape index (κ2) is 6.23. The molecule has 2 aliphatic heterocycles. The van der Waals surface area contributed by atoms with Crippen LogP contribution in [-0.4, -0.2) is 71.9 Å². The van der Waals surface area contributed by atoms with Crippen molar-refractivity contribution in [3.05, 3.63) is 0 Å². The third-order valence-electron chi connectivity index (χ3n) is 4.17. The Hall–Kier alpha value is -1.30. The van der Waals surface area contributed by atoms with Crippen LogP contribution in [0.15, 0.2) is 0 Å². The third kappa shape index (κ3) is 3.37. The predicted octanol–water partition coefficient (Wildman–Crippen LogP) is 0.0837. The number of likely N-dealkylation sites (tertiary alicyclic amines) is 1. The van der Waals surface area contributed by atoms with E-state index in [9.17, 15) is 9.59 Å². The van der Waals surface area contributed by atoms with E-state index in [0.717, 1.165) is 39.0 Å². The Morgan fingerprint density at radius 1 is 0.895 bits per heavy atom. The molecule has 2 heterocycles. The van der Waals surface area contributed by atoms with Crippen molar-refractivity contribution in [1.82, 2.24) is 14.7 Å². The van der Waals surface area contributed by atoms with Crippen molar-refractivity contribution in [2.24, 2.45) is 5.73 Å². The predicted molar refractivity (Wildman–Crippen MR) is 72.6 cm³/mol. The molecule has 2 N–H and O–H groups in total. The summed E-state index contributed by atoms with van der Waals surface area (Å²) in [6.45, 7) is 6.42. The number of primary amides is 1. The molecule has 0 aromatic heterocycles. The molecule has 2 rings (SSSR count). The van der Waals surface area contributed by atoms with Gasteiger partial charge in [0.2, 0.25) is 5.91 Å². The number of rotatable bonds is 2. The van der Waals surface area contributed by atoms with Crippen LogP contribution in [0.25, 0.3) is 0 Å². The highest BCUT2D eigenvalue weighted by Crippen LogP contribution is 2.13. The summed E-state index contributed by atoms with van der Waals surface area (Å²) in [5.41, 5.74) is 5.31. The van der Waals surface area contributed by atoms with Crippen LogP contribution >= 0.6 is 0 Å². The van der Waals surface area contributed by atoms with Gasteiger partial charge in [-0.25, -0.2) is 4.79 Å². The molecule has 2 saturated heterocycles. The molecule has 0 radical (unpaired) electrons. The van der Waals surface area contributed by atoms with E-state index in [2.05, 4.69) is 0 Å². The van der Waals surface area contributed by atoms with Gasteiger partial charge in [-0.1, -0.05) is 0 Å². The molecule has 0 aromatic carbocycles. The van der Waals surface area contributed by atoms with Crippen LogP contribution < -0.4 is 5.73 Å². The Kier molecular flexibility index (Phi) is 4.63. The zero-order valence-electron chi connectivity index (χ0n) is 11.7. The standard InChI is InChI=1S/C13H24N4O2/c1-11(12(14)18)15-7-9-17(10-8-15)13(19)16-5-3-2-4-6-16/h11H,2-10H2,1H3,(H2,14,18)/t11-/m0/s1. The number of piperazine rings is 1. The van der Waals surface area contributed by atoms with E-state index in [1.165, 1.54) is 6.42 Å². The van der Waals surface area contributed by atoms with Gasteiger partial charge in [-0.2, -0.15) is 0 Å². The number of urea groups is 1. The number of nitrogens with two attached hydrogens (primary N) is 1. The van der Waals surface area contributed by atoms with Crippen LogP contribution in [0.2, 0.25) is 0 Å². The highest BCUT2D eigenvalue weighted by atomic mass is 16.2. The lowest BCUT2D eigenvalue weighted by Gasteiger charge is -2.39. The first-order valence-electron chi connectivity index (χ1n) is 7.17. The summed E-state index contributed by atoms with van der Waals surface area (Å²) >= 11 is 0. The number of carbonyl (C=O) groups excluding carboxylic acids is 2. The van der Waals surface area contributed by atoms with Crippen LogP contribution in [0.1, 0.15) is 26.2 Å². The second-order valence-corrected chi connectivity index (χ2v) is 5.43. The minimum absolute atomic E-state index is 0.158. The first kappa shape index (κ1) is 14.1. The van der Waals surface area contributed by atoms with E-state index in [0.29, 0.717) is 13.1 Å². The Labute approximate surface area is 114 Å². The maximum atomic E-state index is 12.3. The number of nitrogens with zero attached hydrogens (tertiary/aromatic N) is 3. The van der Waals surface area contributed by atoms with Crippen LogP contribution in [0.3, 0.4) is 0 Å². The van der Waals surface area contributed by atoms with Crippen molar-refractivity contribution in [3.63, 3.8) is 0 Å². The SMILES string of the molecule is C[C@@H](C(N)=O)N1CCN(C(=O)N2CCCCC2)CC1. The summed E-state index contributed by atoms with van der Waals surface area (Å²) in [5.74, 6) is -0.296. The molecule has 6 nitrogen and oxygen atoms in total. The fraction of sp³-hybridized carbons (Fsp3) is 0.846. The second-order valence-electron chi connectivity index (χ2n) is 5.43. The van der Waals surface area contributed by atoms with Gasteiger partial charge in [0.1, 0.15) is 0 Å². The van der Waals surface area contributed by atoms with Gasteiger partial charge in [-0.05, 0) is 26.2 Å². The maximum Gasteiger partial charge on any atom is 0.320 e. The summed E-state index contributed by atoms with van der Waals surface area (Å²) in [7, 11) is 0. The minimum Gasteiger partial charge on any atom is -0.368 e. The molecule has 0 spiro atoms. The maximum absolute atomic E-state index is 12.3. The summed E-state index contributed by atoms with van der Waals surface area (Å²) < 4.78 is 0. The van der Waals surface area contributed by atoms with Crippen LogP contribution in [-0.2, 0) is 4.79 Å². The van der Waals surface area contributed by atoms with Crippen LogP contribution in [0.4, 0.5) is 4.79 Å². The molecular weight excluding hydrogens is 244 g/mol. The van der Waals surface area contributed by atoms with Crippen molar-refractivity contribution in [2.75, 3.05) is 39.3 Å². The fourth-order valence-electron chi connectivity index (χ4n) is 2.77. The highest BCUT2D eigenvalue weighted by molar-refractivity contribution is 5.79. The molecule has 6 heteroatoms. The quantitative estimate of drug-likeness (QED) is 0.771. The van der Waals surface area contributed by atoms with Crippen molar-refractivity contribution in [3.8, 4) is 0 Å². The molecule has 2 fully saturated rings. The summed E-state index contributed by atoms with van der Waals surface area (Å²) in [6, 6.07) is -0.0849. The van der Waals surface area contributed by atoms with Gasteiger partial charge in [0.15, 0.2) is 0 Å². The molecular formula is C13H24N4O2. The Balaban J connectivity index is 1.82. The Morgan fingerprint density at radius 3 is 1.95 bits per heavy atom. The Morgan fingerprint density at radius 2 is 1.42 bits per heavy atom. The summed E-state index contributed by atoms with van der Waals surface area (Å²) in [6.07, 6.45) is 3.46. The molecule has 0 unspecified atom stereocenters. The van der Waals surface area contributed by atoms with Crippen molar-refractivity contribution in [1.29, 1.82) is 0 Å². The fourth-order valence-corrected chi connectivity index (χ4v) is 2.77. The lowest BCUT2D eigenvalue weighted by molar-refractivity contribution is -0.123. The lowest BCUT2D eigenvalue weighted by Crippen LogP contribution is -2.56. The summed E-state index contributed by atoms with van der Waals surface area (Å²) in [4.78, 5) is 29.4. The number of piperidine rings is 1. The average molecular weight is 268 g/mol. The Bertz CT molecular complexity index is 334. The van der Waals surface area contributed by atoms with Gasteiger partial charge in [0.25, 0.3) is 0 Å². The molecule has 0 aromatic rings. The van der Waals surface area contributed by atoms with Crippen molar-refractivity contribution in [2.45, 2.75) is 32.2 Å².